The molecule has 0 saturated heterocycles. The van der Waals surface area contributed by atoms with Gasteiger partial charge in [0.05, 0.1) is 13.5 Å². The predicted octanol–water partition coefficient (Wildman–Crippen LogP) is 4.85. The Kier molecular flexibility index (Phi) is 6.29. The van der Waals surface area contributed by atoms with E-state index in [-0.39, 0.29) is 12.3 Å². The van der Waals surface area contributed by atoms with Crippen LogP contribution in [-0.4, -0.2) is 23.2 Å². The minimum atomic E-state index is -0.569. The van der Waals surface area contributed by atoms with Crippen molar-refractivity contribution in [1.29, 1.82) is 0 Å². The fraction of sp³-hybridized carbons (Fsp3) is 0.125. The molecule has 0 saturated carbocycles. The normalized spacial score (nSPS) is 11.7. The van der Waals surface area contributed by atoms with Crippen LogP contribution in [0.3, 0.4) is 0 Å². The Balaban J connectivity index is 1.56. The highest BCUT2D eigenvalue weighted by molar-refractivity contribution is 6.30. The zero-order valence-electron chi connectivity index (χ0n) is 16.8. The molecule has 0 unspecified atom stereocenters. The van der Waals surface area contributed by atoms with Gasteiger partial charge in [-0.15, -0.1) is 10.2 Å². The van der Waals surface area contributed by atoms with Crippen molar-refractivity contribution in [3.05, 3.63) is 101 Å². The predicted molar refractivity (Wildman–Crippen MR) is 118 cm³/mol. The van der Waals surface area contributed by atoms with Gasteiger partial charge in [-0.1, -0.05) is 54.1 Å². The number of hydrogen-bond donors (Lipinski definition) is 1. The smallest absolute Gasteiger partial charge is 0.247 e. The Morgan fingerprint density at radius 3 is 2.39 bits per heavy atom. The molecule has 156 valence electrons. The van der Waals surface area contributed by atoms with E-state index in [1.54, 1.807) is 31.4 Å². The van der Waals surface area contributed by atoms with Crippen LogP contribution in [-0.2, 0) is 11.2 Å². The number of ether oxygens (including phenoxy) is 1. The summed E-state index contributed by atoms with van der Waals surface area (Å²) in [6, 6.07) is 23.5. The van der Waals surface area contributed by atoms with Gasteiger partial charge in [0, 0.05) is 10.6 Å². The highest BCUT2D eigenvalue weighted by atomic mass is 35.5. The van der Waals surface area contributed by atoms with Gasteiger partial charge in [-0.25, -0.2) is 0 Å². The molecule has 4 aromatic rings. The van der Waals surface area contributed by atoms with Gasteiger partial charge in [0.15, 0.2) is 0 Å². The van der Waals surface area contributed by atoms with Gasteiger partial charge < -0.3 is 14.5 Å². The quantitative estimate of drug-likeness (QED) is 0.451. The van der Waals surface area contributed by atoms with Crippen LogP contribution in [0.5, 0.6) is 5.75 Å². The molecule has 0 spiro atoms. The van der Waals surface area contributed by atoms with Crippen LogP contribution in [0.2, 0.25) is 5.02 Å². The highest BCUT2D eigenvalue weighted by Gasteiger charge is 2.23. The summed E-state index contributed by atoms with van der Waals surface area (Å²) in [6.07, 6.45) is 0.214. The van der Waals surface area contributed by atoms with Gasteiger partial charge in [-0.3, -0.25) is 4.79 Å². The monoisotopic (exact) mass is 433 g/mol. The molecule has 1 atom stereocenters. The summed E-state index contributed by atoms with van der Waals surface area (Å²) in [5, 5.41) is 12.0. The number of aromatic nitrogens is 2. The van der Waals surface area contributed by atoms with Gasteiger partial charge in [0.2, 0.25) is 17.7 Å². The molecule has 0 aliphatic carbocycles. The molecule has 31 heavy (non-hydrogen) atoms. The first-order valence-electron chi connectivity index (χ1n) is 9.69. The SMILES string of the molecule is COc1ccc(CC(=O)N[C@@H](c2ccccc2)c2nnc(-c3ccc(Cl)cc3)o2)cc1. The van der Waals surface area contributed by atoms with E-state index in [0.717, 1.165) is 22.4 Å². The molecule has 0 aliphatic heterocycles. The molecule has 4 rings (SSSR count). The molecule has 7 heteroatoms. The summed E-state index contributed by atoms with van der Waals surface area (Å²) in [5.41, 5.74) is 2.47. The first-order valence-corrected chi connectivity index (χ1v) is 10.1. The average Bonchev–Trinajstić information content (AvgIpc) is 3.29. The molecule has 1 aromatic heterocycles. The molecule has 1 amide bonds. The molecular weight excluding hydrogens is 414 g/mol. The summed E-state index contributed by atoms with van der Waals surface area (Å²) >= 11 is 5.95. The van der Waals surface area contributed by atoms with Crippen molar-refractivity contribution in [2.24, 2.45) is 0 Å². The Bertz CT molecular complexity index is 1140. The van der Waals surface area contributed by atoms with Gasteiger partial charge in [-0.2, -0.15) is 0 Å². The molecule has 3 aromatic carbocycles. The molecule has 0 radical (unpaired) electrons. The minimum Gasteiger partial charge on any atom is -0.497 e. The average molecular weight is 434 g/mol. The van der Waals surface area contributed by atoms with Gasteiger partial charge in [-0.05, 0) is 47.5 Å². The standard InChI is InChI=1S/C24H20ClN3O3/c1-30-20-13-7-16(8-14-20)15-21(29)26-22(17-5-3-2-4-6-17)24-28-27-23(31-24)18-9-11-19(25)12-10-18/h2-14,22H,15H2,1H3,(H,26,29)/t22-/m0/s1. The van der Waals surface area contributed by atoms with E-state index in [0.29, 0.717) is 16.8 Å². The van der Waals surface area contributed by atoms with Crippen LogP contribution < -0.4 is 10.1 Å². The Morgan fingerprint density at radius 2 is 1.71 bits per heavy atom. The van der Waals surface area contributed by atoms with E-state index < -0.39 is 6.04 Å². The van der Waals surface area contributed by atoms with Crippen LogP contribution >= 0.6 is 11.6 Å². The second-order valence-electron chi connectivity index (χ2n) is 6.89. The van der Waals surface area contributed by atoms with Crippen molar-refractivity contribution in [2.75, 3.05) is 7.11 Å². The molecule has 6 nitrogen and oxygen atoms in total. The summed E-state index contributed by atoms with van der Waals surface area (Å²) in [5.74, 6) is 1.24. The van der Waals surface area contributed by atoms with Gasteiger partial charge in [0.25, 0.3) is 0 Å². The minimum absolute atomic E-state index is 0.162. The Morgan fingerprint density at radius 1 is 1.00 bits per heavy atom. The topological polar surface area (TPSA) is 77.2 Å². The fourth-order valence-corrected chi connectivity index (χ4v) is 3.26. The second kappa shape index (κ2) is 9.45. The molecule has 0 fully saturated rings. The van der Waals surface area contributed by atoms with E-state index in [2.05, 4.69) is 15.5 Å². The summed E-state index contributed by atoms with van der Waals surface area (Å²) in [7, 11) is 1.61. The first kappa shape index (κ1) is 20.6. The van der Waals surface area contributed by atoms with Crippen molar-refractivity contribution >= 4 is 17.5 Å². The lowest BCUT2D eigenvalue weighted by Gasteiger charge is -2.16. The number of halogens is 1. The van der Waals surface area contributed by atoms with Gasteiger partial charge in [0.1, 0.15) is 11.8 Å². The molecule has 0 aliphatic rings. The number of benzene rings is 3. The fourth-order valence-electron chi connectivity index (χ4n) is 3.13. The maximum Gasteiger partial charge on any atom is 0.247 e. The van der Waals surface area contributed by atoms with Crippen LogP contribution in [0.4, 0.5) is 0 Å². The number of nitrogens with one attached hydrogen (secondary N) is 1. The van der Waals surface area contributed by atoms with Crippen molar-refractivity contribution in [1.82, 2.24) is 15.5 Å². The number of methoxy groups -OCH3 is 1. The first-order chi connectivity index (χ1) is 15.1. The lowest BCUT2D eigenvalue weighted by molar-refractivity contribution is -0.121. The highest BCUT2D eigenvalue weighted by Crippen LogP contribution is 2.26. The maximum atomic E-state index is 12.8. The summed E-state index contributed by atoms with van der Waals surface area (Å²) in [4.78, 5) is 12.8. The number of hydrogen-bond acceptors (Lipinski definition) is 5. The van der Waals surface area contributed by atoms with E-state index in [9.17, 15) is 4.79 Å². The van der Waals surface area contributed by atoms with E-state index in [1.807, 2.05) is 54.6 Å². The Labute approximate surface area is 184 Å². The van der Waals surface area contributed by atoms with Crippen molar-refractivity contribution in [3.8, 4) is 17.2 Å². The third-order valence-electron chi connectivity index (χ3n) is 4.74. The van der Waals surface area contributed by atoms with Crippen LogP contribution in [0.1, 0.15) is 23.1 Å². The summed E-state index contributed by atoms with van der Waals surface area (Å²) in [6.45, 7) is 0. The molecule has 1 heterocycles. The number of carbonyl (C=O) groups is 1. The van der Waals surface area contributed by atoms with E-state index >= 15 is 0 Å². The third kappa shape index (κ3) is 5.10. The van der Waals surface area contributed by atoms with Crippen molar-refractivity contribution in [3.63, 3.8) is 0 Å². The number of carbonyl (C=O) groups excluding carboxylic acids is 1. The maximum absolute atomic E-state index is 12.8. The van der Waals surface area contributed by atoms with E-state index in [4.69, 9.17) is 20.8 Å². The van der Waals surface area contributed by atoms with Crippen LogP contribution in [0.25, 0.3) is 11.5 Å². The largest absolute Gasteiger partial charge is 0.497 e. The lowest BCUT2D eigenvalue weighted by Crippen LogP contribution is -2.30. The molecular formula is C24H20ClN3O3. The van der Waals surface area contributed by atoms with Crippen molar-refractivity contribution in [2.45, 2.75) is 12.5 Å². The zero-order valence-corrected chi connectivity index (χ0v) is 17.5. The zero-order chi connectivity index (χ0) is 21.6. The van der Waals surface area contributed by atoms with Crippen LogP contribution in [0.15, 0.2) is 83.3 Å². The molecule has 1 N–H and O–H groups in total. The number of rotatable bonds is 7. The second-order valence-corrected chi connectivity index (χ2v) is 7.32. The Hall–Kier alpha value is -3.64. The van der Waals surface area contributed by atoms with Crippen LogP contribution in [0, 0.1) is 0 Å². The summed E-state index contributed by atoms with van der Waals surface area (Å²) < 4.78 is 11.1. The molecule has 0 bridgehead atoms. The third-order valence-corrected chi connectivity index (χ3v) is 4.99. The number of amides is 1. The van der Waals surface area contributed by atoms with E-state index in [1.165, 1.54) is 0 Å². The lowest BCUT2D eigenvalue weighted by atomic mass is 10.1. The van der Waals surface area contributed by atoms with Gasteiger partial charge >= 0.3 is 0 Å². The van der Waals surface area contributed by atoms with Crippen molar-refractivity contribution < 1.29 is 13.9 Å². The number of nitrogens with zero attached hydrogens (tertiary/aromatic N) is 2.